The second-order valence-electron chi connectivity index (χ2n) is 6.53. The molecule has 0 aliphatic heterocycles. The fraction of sp³-hybridized carbons (Fsp3) is 0.667. The molecule has 2 N–H and O–H groups in total. The van der Waals surface area contributed by atoms with Crippen molar-refractivity contribution in [3.8, 4) is 0 Å². The van der Waals surface area contributed by atoms with Gasteiger partial charge >= 0.3 is 0 Å². The smallest absolute Gasteiger partial charge is 0.0302 e. The summed E-state index contributed by atoms with van der Waals surface area (Å²) in [5.41, 5.74) is 15.1. The minimum absolute atomic E-state index is 0.223. The van der Waals surface area contributed by atoms with Gasteiger partial charge in [0.15, 0.2) is 0 Å². The molecular weight excluding hydrogens is 230 g/mol. The molecule has 1 fully saturated rings. The first-order valence-corrected chi connectivity index (χ1v) is 7.76. The maximum absolute atomic E-state index is 6.56. The number of nitrogens with two attached hydrogens (primary N) is 1. The van der Waals surface area contributed by atoms with Crippen LogP contribution in [-0.2, 0) is 0 Å². The van der Waals surface area contributed by atoms with Gasteiger partial charge in [-0.15, -0.1) is 0 Å². The summed E-state index contributed by atoms with van der Waals surface area (Å²) in [5, 5.41) is 0. The van der Waals surface area contributed by atoms with Gasteiger partial charge < -0.3 is 5.73 Å². The van der Waals surface area contributed by atoms with Crippen LogP contribution in [0.5, 0.6) is 0 Å². The van der Waals surface area contributed by atoms with Gasteiger partial charge in [-0.3, -0.25) is 0 Å². The number of hydrogen-bond donors (Lipinski definition) is 1. The highest BCUT2D eigenvalue weighted by Crippen LogP contribution is 2.36. The van der Waals surface area contributed by atoms with Crippen molar-refractivity contribution in [1.29, 1.82) is 0 Å². The Labute approximate surface area is 118 Å². The quantitative estimate of drug-likeness (QED) is 0.828. The highest BCUT2D eigenvalue weighted by molar-refractivity contribution is 5.50. The van der Waals surface area contributed by atoms with Gasteiger partial charge in [0.1, 0.15) is 0 Å². The van der Waals surface area contributed by atoms with Crippen LogP contribution in [0.4, 0.5) is 0 Å². The van der Waals surface area contributed by atoms with Crippen molar-refractivity contribution in [2.75, 3.05) is 0 Å². The lowest BCUT2D eigenvalue weighted by atomic mass is 9.83. The summed E-state index contributed by atoms with van der Waals surface area (Å²) in [5.74, 6) is 0.857. The van der Waals surface area contributed by atoms with Gasteiger partial charge in [-0.2, -0.15) is 0 Å². The predicted octanol–water partition coefficient (Wildman–Crippen LogP) is 4.81. The molecule has 0 amide bonds. The Kier molecular flexibility index (Phi) is 4.35. The van der Waals surface area contributed by atoms with Crippen molar-refractivity contribution in [2.24, 2.45) is 11.7 Å². The standard InChI is InChI=1S/C18H29N/c1-11-12(2)14(4)18(15(5)13(11)3)17(19)10-16-8-6-7-9-16/h16-17H,6-10,19H2,1-5H3. The van der Waals surface area contributed by atoms with E-state index in [1.165, 1.54) is 65.5 Å². The molecule has 0 spiro atoms. The summed E-state index contributed by atoms with van der Waals surface area (Å²) < 4.78 is 0. The lowest BCUT2D eigenvalue weighted by Crippen LogP contribution is -2.18. The second kappa shape index (κ2) is 5.66. The molecule has 1 unspecified atom stereocenters. The minimum Gasteiger partial charge on any atom is -0.324 e. The first kappa shape index (κ1) is 14.6. The summed E-state index contributed by atoms with van der Waals surface area (Å²) in [4.78, 5) is 0. The van der Waals surface area contributed by atoms with E-state index in [-0.39, 0.29) is 6.04 Å². The van der Waals surface area contributed by atoms with Gasteiger partial charge in [-0.05, 0) is 80.3 Å². The van der Waals surface area contributed by atoms with E-state index in [0.29, 0.717) is 0 Å². The van der Waals surface area contributed by atoms with Crippen LogP contribution < -0.4 is 5.73 Å². The maximum atomic E-state index is 6.56. The zero-order valence-corrected chi connectivity index (χ0v) is 13.3. The molecule has 1 atom stereocenters. The van der Waals surface area contributed by atoms with Gasteiger partial charge in [0, 0.05) is 6.04 Å². The molecule has 2 rings (SSSR count). The molecule has 1 saturated carbocycles. The van der Waals surface area contributed by atoms with Crippen LogP contribution in [0.2, 0.25) is 0 Å². The molecule has 19 heavy (non-hydrogen) atoms. The van der Waals surface area contributed by atoms with E-state index < -0.39 is 0 Å². The van der Waals surface area contributed by atoms with E-state index in [2.05, 4.69) is 34.6 Å². The van der Waals surface area contributed by atoms with Crippen LogP contribution in [0.25, 0.3) is 0 Å². The highest BCUT2D eigenvalue weighted by Gasteiger charge is 2.22. The number of rotatable bonds is 3. The molecule has 1 nitrogen and oxygen atoms in total. The van der Waals surface area contributed by atoms with E-state index in [0.717, 1.165) is 5.92 Å². The third-order valence-electron chi connectivity index (χ3n) is 5.49. The summed E-state index contributed by atoms with van der Waals surface area (Å²) in [7, 11) is 0. The van der Waals surface area contributed by atoms with Crippen molar-refractivity contribution < 1.29 is 0 Å². The SMILES string of the molecule is Cc1c(C)c(C)c(C(N)CC2CCCC2)c(C)c1C. The second-order valence-corrected chi connectivity index (χ2v) is 6.53. The zero-order chi connectivity index (χ0) is 14.2. The normalized spacial score (nSPS) is 18.0. The third-order valence-corrected chi connectivity index (χ3v) is 5.49. The molecule has 1 aromatic rings. The van der Waals surface area contributed by atoms with Gasteiger partial charge in [0.05, 0.1) is 0 Å². The van der Waals surface area contributed by atoms with E-state index in [1.807, 2.05) is 0 Å². The van der Waals surface area contributed by atoms with E-state index in [4.69, 9.17) is 5.73 Å². The van der Waals surface area contributed by atoms with Crippen molar-refractivity contribution in [3.63, 3.8) is 0 Å². The van der Waals surface area contributed by atoms with Crippen molar-refractivity contribution in [2.45, 2.75) is 72.8 Å². The van der Waals surface area contributed by atoms with E-state index in [1.54, 1.807) is 0 Å². The Balaban J connectivity index is 2.32. The first-order valence-electron chi connectivity index (χ1n) is 7.76. The molecular formula is C18H29N. The monoisotopic (exact) mass is 259 g/mol. The molecule has 1 aliphatic rings. The molecule has 1 aliphatic carbocycles. The summed E-state index contributed by atoms with van der Waals surface area (Å²) in [6, 6.07) is 0.223. The Bertz CT molecular complexity index is 438. The number of benzene rings is 1. The van der Waals surface area contributed by atoms with Crippen molar-refractivity contribution in [1.82, 2.24) is 0 Å². The average Bonchev–Trinajstić information content (AvgIpc) is 2.87. The van der Waals surface area contributed by atoms with Gasteiger partial charge in [-0.1, -0.05) is 25.7 Å². The van der Waals surface area contributed by atoms with Gasteiger partial charge in [-0.25, -0.2) is 0 Å². The van der Waals surface area contributed by atoms with Crippen LogP contribution in [0, 0.1) is 40.5 Å². The fourth-order valence-corrected chi connectivity index (χ4v) is 3.81. The van der Waals surface area contributed by atoms with E-state index in [9.17, 15) is 0 Å². The Morgan fingerprint density at radius 2 is 1.26 bits per heavy atom. The topological polar surface area (TPSA) is 26.0 Å². The van der Waals surface area contributed by atoms with Gasteiger partial charge in [0.2, 0.25) is 0 Å². The molecule has 0 heterocycles. The molecule has 0 aromatic heterocycles. The average molecular weight is 259 g/mol. The maximum Gasteiger partial charge on any atom is 0.0302 e. The zero-order valence-electron chi connectivity index (χ0n) is 13.3. The van der Waals surface area contributed by atoms with Crippen molar-refractivity contribution in [3.05, 3.63) is 33.4 Å². The Hall–Kier alpha value is -0.820. The lowest BCUT2D eigenvalue weighted by molar-refractivity contribution is 0.448. The Morgan fingerprint density at radius 1 is 0.842 bits per heavy atom. The molecule has 106 valence electrons. The molecule has 0 saturated heterocycles. The van der Waals surface area contributed by atoms with Crippen LogP contribution >= 0.6 is 0 Å². The largest absolute Gasteiger partial charge is 0.324 e. The first-order chi connectivity index (χ1) is 8.93. The van der Waals surface area contributed by atoms with E-state index >= 15 is 0 Å². The van der Waals surface area contributed by atoms with Crippen LogP contribution in [0.3, 0.4) is 0 Å². The number of hydrogen-bond acceptors (Lipinski definition) is 1. The summed E-state index contributed by atoms with van der Waals surface area (Å²) in [6.45, 7) is 11.2. The minimum atomic E-state index is 0.223. The third kappa shape index (κ3) is 2.72. The highest BCUT2D eigenvalue weighted by atomic mass is 14.6. The Morgan fingerprint density at radius 3 is 1.74 bits per heavy atom. The van der Waals surface area contributed by atoms with Gasteiger partial charge in [0.25, 0.3) is 0 Å². The molecule has 0 bridgehead atoms. The van der Waals surface area contributed by atoms with Crippen LogP contribution in [0.1, 0.15) is 71.5 Å². The van der Waals surface area contributed by atoms with Crippen molar-refractivity contribution >= 4 is 0 Å². The molecule has 1 heteroatoms. The van der Waals surface area contributed by atoms with Crippen LogP contribution in [-0.4, -0.2) is 0 Å². The molecule has 0 radical (unpaired) electrons. The predicted molar refractivity (Wildman–Crippen MR) is 83.6 cm³/mol. The fourth-order valence-electron chi connectivity index (χ4n) is 3.81. The summed E-state index contributed by atoms with van der Waals surface area (Å²) >= 11 is 0. The lowest BCUT2D eigenvalue weighted by Gasteiger charge is -2.25. The molecule has 1 aromatic carbocycles. The summed E-state index contributed by atoms with van der Waals surface area (Å²) in [6.07, 6.45) is 6.75. The van der Waals surface area contributed by atoms with Crippen LogP contribution in [0.15, 0.2) is 0 Å².